The van der Waals surface area contributed by atoms with Gasteiger partial charge in [-0.1, -0.05) is 6.07 Å². The number of carbonyl (C=O) groups excluding carboxylic acids is 1. The molecule has 0 aliphatic carbocycles. The number of nitrogens with zero attached hydrogens (tertiary/aromatic N) is 3. The molecule has 0 bridgehead atoms. The third kappa shape index (κ3) is 5.92. The summed E-state index contributed by atoms with van der Waals surface area (Å²) in [6, 6.07) is 8.74. The number of morpholine rings is 1. The van der Waals surface area contributed by atoms with Crippen molar-refractivity contribution in [3.8, 4) is 17.0 Å². The van der Waals surface area contributed by atoms with Gasteiger partial charge in [0.25, 0.3) is 0 Å². The summed E-state index contributed by atoms with van der Waals surface area (Å²) in [4.78, 5) is 21.2. The van der Waals surface area contributed by atoms with Crippen LogP contribution in [-0.4, -0.2) is 92.0 Å². The van der Waals surface area contributed by atoms with Gasteiger partial charge >= 0.3 is 12.2 Å². The van der Waals surface area contributed by atoms with Crippen molar-refractivity contribution in [3.05, 3.63) is 35.9 Å². The molecule has 1 spiro atoms. The molecule has 3 fully saturated rings. The van der Waals surface area contributed by atoms with Crippen LogP contribution in [-0.2, 0) is 9.47 Å². The molecule has 1 aromatic carbocycles. The van der Waals surface area contributed by atoms with Crippen LogP contribution in [0.3, 0.4) is 0 Å². The molecule has 212 valence electrons. The third-order valence-corrected chi connectivity index (χ3v) is 7.64. The molecule has 4 heterocycles. The highest BCUT2D eigenvalue weighted by Crippen LogP contribution is 2.48. The average Bonchev–Trinajstić information content (AvgIpc) is 3.56. The summed E-state index contributed by atoms with van der Waals surface area (Å²) in [7, 11) is 0. The minimum atomic E-state index is -4.36. The van der Waals surface area contributed by atoms with Crippen molar-refractivity contribution in [3.63, 3.8) is 0 Å². The summed E-state index contributed by atoms with van der Waals surface area (Å²) in [6.07, 6.45) is -4.29. The molecular formula is C27H33F3N4O5. The van der Waals surface area contributed by atoms with E-state index < -0.39 is 23.7 Å². The van der Waals surface area contributed by atoms with Crippen LogP contribution in [0.1, 0.15) is 18.4 Å². The van der Waals surface area contributed by atoms with E-state index in [2.05, 4.69) is 15.2 Å². The number of hydrogen-bond donors (Lipinski definition) is 2. The first-order chi connectivity index (χ1) is 18.7. The maximum Gasteiger partial charge on any atom is 0.394 e. The number of aliphatic hydroxyl groups is 1. The molecule has 1 aromatic heterocycles. The van der Waals surface area contributed by atoms with Gasteiger partial charge in [0.1, 0.15) is 12.4 Å². The first-order valence-corrected chi connectivity index (χ1v) is 13.1. The minimum Gasteiger partial charge on any atom is -0.475 e. The molecule has 3 aliphatic rings. The largest absolute Gasteiger partial charge is 0.475 e. The number of nitrogens with one attached hydrogen (secondary N) is 1. The number of aryl methyl sites for hydroxylation is 1. The third-order valence-electron chi connectivity index (χ3n) is 7.64. The van der Waals surface area contributed by atoms with Gasteiger partial charge in [-0.25, -0.2) is 4.79 Å². The second kappa shape index (κ2) is 11.2. The van der Waals surface area contributed by atoms with Crippen LogP contribution < -0.4 is 15.0 Å². The molecular weight excluding hydrogens is 517 g/mol. The predicted octanol–water partition coefficient (Wildman–Crippen LogP) is 3.84. The fourth-order valence-corrected chi connectivity index (χ4v) is 5.63. The number of urea groups is 1. The van der Waals surface area contributed by atoms with Crippen LogP contribution in [0.2, 0.25) is 0 Å². The summed E-state index contributed by atoms with van der Waals surface area (Å²) in [5.74, 6) is -0.478. The van der Waals surface area contributed by atoms with Crippen molar-refractivity contribution in [2.45, 2.75) is 31.5 Å². The van der Waals surface area contributed by atoms with E-state index in [0.29, 0.717) is 37.9 Å². The van der Waals surface area contributed by atoms with Gasteiger partial charge < -0.3 is 34.4 Å². The average molecular weight is 551 g/mol. The Hall–Kier alpha value is -3.09. The molecule has 39 heavy (non-hydrogen) atoms. The van der Waals surface area contributed by atoms with Gasteiger partial charge in [-0.3, -0.25) is 0 Å². The molecule has 12 heteroatoms. The number of rotatable bonds is 6. The SMILES string of the molecule is Cc1ccc(NC(=O)N2CCC3(C2)OCCC3C(F)(F)F)cc1-c1cc(OCCO)nc(N2CCOCC2)c1. The first kappa shape index (κ1) is 27.5. The molecule has 5 rings (SSSR count). The van der Waals surface area contributed by atoms with Gasteiger partial charge in [0.2, 0.25) is 5.88 Å². The molecule has 2 unspecified atom stereocenters. The summed E-state index contributed by atoms with van der Waals surface area (Å²) in [6.45, 7) is 4.58. The minimum absolute atomic E-state index is 0.0450. The van der Waals surface area contributed by atoms with Crippen LogP contribution in [0.15, 0.2) is 30.3 Å². The van der Waals surface area contributed by atoms with Crippen LogP contribution in [0.5, 0.6) is 5.88 Å². The highest BCUT2D eigenvalue weighted by Gasteiger charge is 2.60. The number of aliphatic hydroxyl groups excluding tert-OH is 1. The van der Waals surface area contributed by atoms with E-state index >= 15 is 0 Å². The fraction of sp³-hybridized carbons (Fsp3) is 0.556. The van der Waals surface area contributed by atoms with Gasteiger partial charge in [0.05, 0.1) is 37.9 Å². The molecule has 3 aliphatic heterocycles. The molecule has 2 aromatic rings. The Morgan fingerprint density at radius 2 is 2.00 bits per heavy atom. The van der Waals surface area contributed by atoms with Crippen LogP contribution in [0, 0.1) is 12.8 Å². The van der Waals surface area contributed by atoms with Crippen LogP contribution in [0.25, 0.3) is 11.1 Å². The van der Waals surface area contributed by atoms with Gasteiger partial charge in [-0.15, -0.1) is 0 Å². The second-order valence-electron chi connectivity index (χ2n) is 10.2. The van der Waals surface area contributed by atoms with Crippen LogP contribution >= 0.6 is 0 Å². The monoisotopic (exact) mass is 550 g/mol. The van der Waals surface area contributed by atoms with Crippen molar-refractivity contribution >= 4 is 17.5 Å². The second-order valence-corrected chi connectivity index (χ2v) is 10.2. The summed E-state index contributed by atoms with van der Waals surface area (Å²) in [5.41, 5.74) is 1.76. The zero-order valence-corrected chi connectivity index (χ0v) is 21.8. The van der Waals surface area contributed by atoms with Gasteiger partial charge in [0.15, 0.2) is 0 Å². The fourth-order valence-electron chi connectivity index (χ4n) is 5.63. The number of ether oxygens (including phenoxy) is 3. The molecule has 0 saturated carbocycles. The number of carbonyl (C=O) groups is 1. The summed E-state index contributed by atoms with van der Waals surface area (Å²) < 4.78 is 57.4. The Balaban J connectivity index is 1.36. The Labute approximate surface area is 224 Å². The molecule has 2 atom stereocenters. The lowest BCUT2D eigenvalue weighted by molar-refractivity contribution is -0.206. The molecule has 9 nitrogen and oxygen atoms in total. The number of likely N-dealkylation sites (tertiary alicyclic amines) is 1. The van der Waals surface area contributed by atoms with E-state index in [-0.39, 0.29) is 45.8 Å². The van der Waals surface area contributed by atoms with Gasteiger partial charge in [-0.2, -0.15) is 18.2 Å². The molecule has 3 saturated heterocycles. The number of halogens is 3. The number of aromatic nitrogens is 1. The van der Waals surface area contributed by atoms with Gasteiger partial charge in [-0.05, 0) is 54.7 Å². The molecule has 2 N–H and O–H groups in total. The lowest BCUT2D eigenvalue weighted by atomic mass is 9.86. The zero-order valence-electron chi connectivity index (χ0n) is 21.8. The van der Waals surface area contributed by atoms with Gasteiger partial charge in [0, 0.05) is 38.0 Å². The maximum absolute atomic E-state index is 13.6. The number of alkyl halides is 3. The number of anilines is 2. The number of hydrogen-bond acceptors (Lipinski definition) is 7. The number of amides is 2. The van der Waals surface area contributed by atoms with Crippen LogP contribution in [0.4, 0.5) is 29.5 Å². The van der Waals surface area contributed by atoms with Crippen molar-refractivity contribution in [1.82, 2.24) is 9.88 Å². The Kier molecular flexibility index (Phi) is 7.88. The van der Waals surface area contributed by atoms with E-state index in [9.17, 15) is 23.1 Å². The normalized spacial score (nSPS) is 23.5. The van der Waals surface area contributed by atoms with E-state index in [1.165, 1.54) is 4.90 Å². The quantitative estimate of drug-likeness (QED) is 0.564. The smallest absolute Gasteiger partial charge is 0.394 e. The van der Waals surface area contributed by atoms with Crippen molar-refractivity contribution in [2.75, 3.05) is 69.4 Å². The highest BCUT2D eigenvalue weighted by atomic mass is 19.4. The Morgan fingerprint density at radius 1 is 1.21 bits per heavy atom. The van der Waals surface area contributed by atoms with E-state index in [0.717, 1.165) is 22.5 Å². The van der Waals surface area contributed by atoms with E-state index in [1.807, 2.05) is 25.1 Å². The van der Waals surface area contributed by atoms with E-state index in [1.54, 1.807) is 12.1 Å². The number of pyridine rings is 1. The lowest BCUT2D eigenvalue weighted by Crippen LogP contribution is -2.46. The summed E-state index contributed by atoms with van der Waals surface area (Å²) in [5, 5.41) is 12.1. The van der Waals surface area contributed by atoms with E-state index in [4.69, 9.17) is 14.2 Å². The first-order valence-electron chi connectivity index (χ1n) is 13.1. The Morgan fingerprint density at radius 3 is 2.74 bits per heavy atom. The maximum atomic E-state index is 13.6. The highest BCUT2D eigenvalue weighted by molar-refractivity contribution is 5.91. The molecule has 0 radical (unpaired) electrons. The number of benzene rings is 1. The lowest BCUT2D eigenvalue weighted by Gasteiger charge is -2.31. The zero-order chi connectivity index (χ0) is 27.6. The standard InChI is InChI=1S/C27H33F3N4O5/c1-18-2-3-20(31-25(36)34-6-5-26(17-34)22(4-10-39-26)27(28,29)30)16-21(18)19-14-23(33-7-11-37-12-8-33)32-24(15-19)38-13-9-35/h2-3,14-16,22,35H,4-13,17H2,1H3,(H,31,36). The van der Waals surface area contributed by atoms with Crippen molar-refractivity contribution < 1.29 is 37.3 Å². The Bertz CT molecular complexity index is 1190. The topological polar surface area (TPSA) is 96.4 Å². The van der Waals surface area contributed by atoms with Crippen molar-refractivity contribution in [2.24, 2.45) is 5.92 Å². The molecule has 2 amide bonds. The van der Waals surface area contributed by atoms with Crippen molar-refractivity contribution in [1.29, 1.82) is 0 Å². The predicted molar refractivity (Wildman–Crippen MR) is 138 cm³/mol. The summed E-state index contributed by atoms with van der Waals surface area (Å²) >= 11 is 0.